The molecule has 2 N–H and O–H groups in total. The van der Waals surface area contributed by atoms with Crippen LogP contribution in [0.15, 0.2) is 30.3 Å². The highest BCUT2D eigenvalue weighted by molar-refractivity contribution is 5.79. The van der Waals surface area contributed by atoms with E-state index in [1.807, 2.05) is 30.3 Å². The first kappa shape index (κ1) is 17.5. The molecule has 5 nitrogen and oxygen atoms in total. The van der Waals surface area contributed by atoms with Crippen LogP contribution in [0.3, 0.4) is 0 Å². The molecule has 1 aliphatic rings. The predicted octanol–water partition coefficient (Wildman–Crippen LogP) is 2.77. The van der Waals surface area contributed by atoms with E-state index in [9.17, 15) is 9.59 Å². The molecule has 1 amide bonds. The van der Waals surface area contributed by atoms with Crippen molar-refractivity contribution in [1.29, 1.82) is 0 Å². The third-order valence-electron chi connectivity index (χ3n) is 4.42. The molecule has 1 aromatic carbocycles. The van der Waals surface area contributed by atoms with E-state index in [0.29, 0.717) is 19.6 Å². The van der Waals surface area contributed by atoms with Crippen LogP contribution in [0, 0.1) is 11.3 Å². The Bertz CT molecular complexity index is 541. The molecule has 0 bridgehead atoms. The summed E-state index contributed by atoms with van der Waals surface area (Å²) < 4.78 is 5.83. The summed E-state index contributed by atoms with van der Waals surface area (Å²) in [7, 11) is 0. The number of carbonyl (C=O) groups is 2. The molecule has 0 aliphatic carbocycles. The first-order chi connectivity index (χ1) is 10.9. The van der Waals surface area contributed by atoms with Crippen molar-refractivity contribution in [3.63, 3.8) is 0 Å². The monoisotopic (exact) mass is 319 g/mol. The Kier molecular flexibility index (Phi) is 5.77. The number of amides is 1. The van der Waals surface area contributed by atoms with Gasteiger partial charge in [-0.05, 0) is 38.7 Å². The summed E-state index contributed by atoms with van der Waals surface area (Å²) in [5.41, 5.74) is 0.174. The zero-order valence-electron chi connectivity index (χ0n) is 13.7. The van der Waals surface area contributed by atoms with Crippen LogP contribution >= 0.6 is 0 Å². The van der Waals surface area contributed by atoms with E-state index in [4.69, 9.17) is 9.84 Å². The summed E-state index contributed by atoms with van der Waals surface area (Å²) in [6.45, 7) is 4.35. The van der Waals surface area contributed by atoms with Gasteiger partial charge in [-0.25, -0.2) is 0 Å². The molecule has 1 fully saturated rings. The van der Waals surface area contributed by atoms with E-state index in [1.54, 1.807) is 13.8 Å². The number of carboxylic acids is 1. The number of hydrogen-bond acceptors (Lipinski definition) is 3. The quantitative estimate of drug-likeness (QED) is 0.845. The van der Waals surface area contributed by atoms with E-state index in [2.05, 4.69) is 5.32 Å². The van der Waals surface area contributed by atoms with Crippen molar-refractivity contribution in [3.05, 3.63) is 35.9 Å². The normalized spacial score (nSPS) is 21.7. The fraction of sp³-hybridized carbons (Fsp3) is 0.556. The van der Waals surface area contributed by atoms with Gasteiger partial charge in [0.2, 0.25) is 5.91 Å². The molecule has 0 saturated carbocycles. The Morgan fingerprint density at radius 1 is 1.30 bits per heavy atom. The maximum Gasteiger partial charge on any atom is 0.309 e. The number of nitrogens with one attached hydrogen (secondary N) is 1. The smallest absolute Gasteiger partial charge is 0.309 e. The van der Waals surface area contributed by atoms with Gasteiger partial charge < -0.3 is 15.2 Å². The average Bonchev–Trinajstić information content (AvgIpc) is 2.55. The lowest BCUT2D eigenvalue weighted by Crippen LogP contribution is -2.39. The molecule has 0 radical (unpaired) electrons. The van der Waals surface area contributed by atoms with Crippen LogP contribution in [0.5, 0.6) is 0 Å². The molecule has 2 rings (SSSR count). The van der Waals surface area contributed by atoms with Crippen LogP contribution in [0.1, 0.15) is 44.8 Å². The number of ether oxygens (including phenoxy) is 1. The molecule has 5 heteroatoms. The number of carboxylic acid groups (broad SMARTS) is 1. The lowest BCUT2D eigenvalue weighted by atomic mass is 9.87. The lowest BCUT2D eigenvalue weighted by molar-refractivity contribution is -0.147. The second-order valence-electron chi connectivity index (χ2n) is 6.68. The third kappa shape index (κ3) is 4.55. The Hall–Kier alpha value is -1.88. The lowest BCUT2D eigenvalue weighted by Gasteiger charge is -2.31. The number of aliphatic carboxylic acids is 1. The minimum atomic E-state index is -0.852. The molecule has 23 heavy (non-hydrogen) atoms. The van der Waals surface area contributed by atoms with Gasteiger partial charge in [-0.3, -0.25) is 9.59 Å². The highest BCUT2D eigenvalue weighted by Crippen LogP contribution is 2.33. The van der Waals surface area contributed by atoms with Gasteiger partial charge in [-0.2, -0.15) is 0 Å². The van der Waals surface area contributed by atoms with E-state index in [-0.39, 0.29) is 17.9 Å². The fourth-order valence-corrected chi connectivity index (χ4v) is 2.76. The Morgan fingerprint density at radius 2 is 2.00 bits per heavy atom. The molecule has 2 unspecified atom stereocenters. The van der Waals surface area contributed by atoms with E-state index in [1.165, 1.54) is 0 Å². The number of carbonyl (C=O) groups excluding carboxylic acids is 1. The minimum Gasteiger partial charge on any atom is -0.481 e. The molecule has 0 spiro atoms. The van der Waals surface area contributed by atoms with Crippen molar-refractivity contribution in [2.75, 3.05) is 13.2 Å². The van der Waals surface area contributed by atoms with E-state index < -0.39 is 11.4 Å². The van der Waals surface area contributed by atoms with Gasteiger partial charge in [-0.1, -0.05) is 30.3 Å². The molecule has 1 heterocycles. The van der Waals surface area contributed by atoms with E-state index in [0.717, 1.165) is 18.4 Å². The maximum absolute atomic E-state index is 12.5. The summed E-state index contributed by atoms with van der Waals surface area (Å²) in [6, 6.07) is 9.78. The molecule has 1 saturated heterocycles. The summed E-state index contributed by atoms with van der Waals surface area (Å²) in [5.74, 6) is -1.13. The largest absolute Gasteiger partial charge is 0.481 e. The van der Waals surface area contributed by atoms with Crippen molar-refractivity contribution in [2.45, 2.75) is 39.2 Å². The standard InChI is InChI=1S/C18H25NO4/c1-18(2,17(21)22)10-11-19-16(20)14-9-6-12-23-15(14)13-7-4-3-5-8-13/h3-5,7-8,14-15H,6,9-12H2,1-2H3,(H,19,20)(H,21,22). The second-order valence-corrected chi connectivity index (χ2v) is 6.68. The van der Waals surface area contributed by atoms with Crippen molar-refractivity contribution < 1.29 is 19.4 Å². The first-order valence-corrected chi connectivity index (χ1v) is 8.09. The van der Waals surface area contributed by atoms with Gasteiger partial charge in [-0.15, -0.1) is 0 Å². The van der Waals surface area contributed by atoms with Gasteiger partial charge in [0.15, 0.2) is 0 Å². The van der Waals surface area contributed by atoms with Crippen LogP contribution < -0.4 is 5.32 Å². The van der Waals surface area contributed by atoms with Gasteiger partial charge in [0.25, 0.3) is 0 Å². The molecular formula is C18H25NO4. The van der Waals surface area contributed by atoms with Crippen LogP contribution in [0.2, 0.25) is 0 Å². The van der Waals surface area contributed by atoms with Crippen molar-refractivity contribution in [2.24, 2.45) is 11.3 Å². The van der Waals surface area contributed by atoms with E-state index >= 15 is 0 Å². The van der Waals surface area contributed by atoms with Gasteiger partial charge in [0.05, 0.1) is 17.4 Å². The van der Waals surface area contributed by atoms with Crippen LogP contribution in [0.4, 0.5) is 0 Å². The van der Waals surface area contributed by atoms with Crippen LogP contribution in [-0.2, 0) is 14.3 Å². The Morgan fingerprint density at radius 3 is 2.65 bits per heavy atom. The maximum atomic E-state index is 12.5. The minimum absolute atomic E-state index is 0.0558. The Labute approximate surface area is 137 Å². The summed E-state index contributed by atoms with van der Waals surface area (Å²) in [5, 5.41) is 12.0. The molecular weight excluding hydrogens is 294 g/mol. The third-order valence-corrected chi connectivity index (χ3v) is 4.42. The number of hydrogen-bond donors (Lipinski definition) is 2. The molecule has 1 aliphatic heterocycles. The van der Waals surface area contributed by atoms with Crippen LogP contribution in [-0.4, -0.2) is 30.1 Å². The Balaban J connectivity index is 1.95. The molecule has 0 aromatic heterocycles. The van der Waals surface area contributed by atoms with Gasteiger partial charge in [0.1, 0.15) is 0 Å². The number of rotatable bonds is 6. The topological polar surface area (TPSA) is 75.6 Å². The van der Waals surface area contributed by atoms with Crippen molar-refractivity contribution in [1.82, 2.24) is 5.32 Å². The second kappa shape index (κ2) is 7.59. The summed E-state index contributed by atoms with van der Waals surface area (Å²) in [4.78, 5) is 23.6. The van der Waals surface area contributed by atoms with Crippen LogP contribution in [0.25, 0.3) is 0 Å². The first-order valence-electron chi connectivity index (χ1n) is 8.09. The van der Waals surface area contributed by atoms with Gasteiger partial charge >= 0.3 is 5.97 Å². The van der Waals surface area contributed by atoms with Crippen molar-refractivity contribution in [3.8, 4) is 0 Å². The molecule has 126 valence electrons. The fourth-order valence-electron chi connectivity index (χ4n) is 2.76. The zero-order valence-corrected chi connectivity index (χ0v) is 13.7. The zero-order chi connectivity index (χ0) is 16.9. The molecule has 1 aromatic rings. The summed E-state index contributed by atoms with van der Waals surface area (Å²) >= 11 is 0. The van der Waals surface area contributed by atoms with Crippen molar-refractivity contribution >= 4 is 11.9 Å². The summed E-state index contributed by atoms with van der Waals surface area (Å²) in [6.07, 6.45) is 1.82. The molecule has 2 atom stereocenters. The highest BCUT2D eigenvalue weighted by Gasteiger charge is 2.33. The SMILES string of the molecule is CC(C)(CCNC(=O)C1CCCOC1c1ccccc1)C(=O)O. The predicted molar refractivity (Wildman–Crippen MR) is 86.9 cm³/mol. The average molecular weight is 319 g/mol. The highest BCUT2D eigenvalue weighted by atomic mass is 16.5. The number of benzene rings is 1. The van der Waals surface area contributed by atoms with Gasteiger partial charge in [0, 0.05) is 13.2 Å².